The third-order valence-electron chi connectivity index (χ3n) is 4.19. The Labute approximate surface area is 111 Å². The van der Waals surface area contributed by atoms with Crippen molar-refractivity contribution >= 4 is 0 Å². The summed E-state index contributed by atoms with van der Waals surface area (Å²) in [4.78, 5) is 0. The predicted octanol–water partition coefficient (Wildman–Crippen LogP) is 3.40. The van der Waals surface area contributed by atoms with E-state index in [1.807, 2.05) is 7.05 Å². The molecule has 0 saturated heterocycles. The molecule has 0 radical (unpaired) electrons. The summed E-state index contributed by atoms with van der Waals surface area (Å²) in [6, 6.07) is 8.90. The smallest absolute Gasteiger partial charge is 0.120 e. The lowest BCUT2D eigenvalue weighted by molar-refractivity contribution is 0.146. The van der Waals surface area contributed by atoms with E-state index in [9.17, 15) is 0 Å². The van der Waals surface area contributed by atoms with Crippen LogP contribution in [0.15, 0.2) is 24.3 Å². The van der Waals surface area contributed by atoms with Gasteiger partial charge in [0, 0.05) is 6.04 Å². The van der Waals surface area contributed by atoms with Gasteiger partial charge in [0.15, 0.2) is 0 Å². The van der Waals surface area contributed by atoms with E-state index < -0.39 is 0 Å². The summed E-state index contributed by atoms with van der Waals surface area (Å²) in [5.41, 5.74) is 1.66. The van der Waals surface area contributed by atoms with E-state index in [0.717, 1.165) is 18.6 Å². The van der Waals surface area contributed by atoms with Crippen molar-refractivity contribution in [2.24, 2.45) is 5.41 Å². The molecular formula is C16H25NO. The first-order chi connectivity index (χ1) is 8.56. The van der Waals surface area contributed by atoms with Crippen molar-refractivity contribution in [1.29, 1.82) is 0 Å². The monoisotopic (exact) mass is 247 g/mol. The van der Waals surface area contributed by atoms with Crippen LogP contribution in [-0.2, 0) is 6.42 Å². The molecule has 0 spiro atoms. The maximum Gasteiger partial charge on any atom is 0.120 e. The minimum Gasteiger partial charge on any atom is -0.489 e. The average Bonchev–Trinajstić information content (AvgIpc) is 2.64. The molecule has 0 heterocycles. The molecule has 2 unspecified atom stereocenters. The molecule has 1 aliphatic carbocycles. The molecule has 1 aliphatic rings. The summed E-state index contributed by atoms with van der Waals surface area (Å²) in [6.07, 6.45) is 3.70. The molecule has 1 aromatic rings. The highest BCUT2D eigenvalue weighted by Gasteiger charge is 2.42. The molecule has 0 amide bonds. The Hall–Kier alpha value is -1.02. The van der Waals surface area contributed by atoms with Crippen LogP contribution < -0.4 is 10.1 Å². The van der Waals surface area contributed by atoms with Gasteiger partial charge in [0.2, 0.25) is 0 Å². The molecule has 1 saturated carbocycles. The van der Waals surface area contributed by atoms with Crippen LogP contribution in [0.3, 0.4) is 0 Å². The van der Waals surface area contributed by atoms with E-state index in [0.29, 0.717) is 11.5 Å². The first-order valence-corrected chi connectivity index (χ1v) is 6.99. The minimum atomic E-state index is 0.289. The van der Waals surface area contributed by atoms with Crippen LogP contribution in [0.5, 0.6) is 5.75 Å². The second-order valence-electron chi connectivity index (χ2n) is 5.95. The number of aryl methyl sites for hydroxylation is 1. The Kier molecular flexibility index (Phi) is 3.96. The van der Waals surface area contributed by atoms with Crippen molar-refractivity contribution in [3.8, 4) is 5.75 Å². The van der Waals surface area contributed by atoms with Crippen molar-refractivity contribution < 1.29 is 4.74 Å². The maximum absolute atomic E-state index is 6.19. The quantitative estimate of drug-likeness (QED) is 0.880. The van der Waals surface area contributed by atoms with Crippen LogP contribution in [0.25, 0.3) is 0 Å². The van der Waals surface area contributed by atoms with Crippen LogP contribution in [-0.4, -0.2) is 19.2 Å². The highest BCUT2D eigenvalue weighted by atomic mass is 16.5. The topological polar surface area (TPSA) is 21.3 Å². The van der Waals surface area contributed by atoms with Crippen LogP contribution in [0.4, 0.5) is 0 Å². The molecule has 0 aliphatic heterocycles. The third kappa shape index (κ3) is 2.69. The molecule has 0 bridgehead atoms. The second kappa shape index (κ2) is 5.31. The van der Waals surface area contributed by atoms with Crippen molar-refractivity contribution in [2.45, 2.75) is 52.2 Å². The van der Waals surface area contributed by atoms with Gasteiger partial charge in [-0.1, -0.05) is 32.9 Å². The number of benzene rings is 1. The summed E-state index contributed by atoms with van der Waals surface area (Å²) >= 11 is 0. The van der Waals surface area contributed by atoms with E-state index in [-0.39, 0.29) is 6.10 Å². The molecule has 2 rings (SSSR count). The molecule has 2 nitrogen and oxygen atoms in total. The zero-order valence-electron chi connectivity index (χ0n) is 12.0. The minimum absolute atomic E-state index is 0.289. The summed E-state index contributed by atoms with van der Waals surface area (Å²) < 4.78 is 6.19. The van der Waals surface area contributed by atoms with Crippen LogP contribution in [0.2, 0.25) is 0 Å². The predicted molar refractivity (Wildman–Crippen MR) is 76.1 cm³/mol. The number of hydrogen-bond donors (Lipinski definition) is 1. The van der Waals surface area contributed by atoms with Crippen molar-refractivity contribution in [2.75, 3.05) is 7.05 Å². The summed E-state index contributed by atoms with van der Waals surface area (Å²) in [7, 11) is 2.04. The van der Waals surface area contributed by atoms with Crippen molar-refractivity contribution in [3.05, 3.63) is 29.8 Å². The van der Waals surface area contributed by atoms with Gasteiger partial charge in [0.25, 0.3) is 0 Å². The van der Waals surface area contributed by atoms with Crippen LogP contribution in [0.1, 0.15) is 39.2 Å². The largest absolute Gasteiger partial charge is 0.489 e. The number of rotatable bonds is 4. The van der Waals surface area contributed by atoms with Crippen LogP contribution in [0, 0.1) is 5.41 Å². The van der Waals surface area contributed by atoms with Crippen molar-refractivity contribution in [3.63, 3.8) is 0 Å². The molecular weight excluding hydrogens is 222 g/mol. The fourth-order valence-electron chi connectivity index (χ4n) is 3.06. The first-order valence-electron chi connectivity index (χ1n) is 6.99. The lowest BCUT2D eigenvalue weighted by atomic mass is 9.87. The summed E-state index contributed by atoms with van der Waals surface area (Å²) in [6.45, 7) is 6.81. The van der Waals surface area contributed by atoms with Gasteiger partial charge in [0.05, 0.1) is 0 Å². The molecule has 100 valence electrons. The summed E-state index contributed by atoms with van der Waals surface area (Å²) in [5.74, 6) is 1.01. The maximum atomic E-state index is 6.19. The van der Waals surface area contributed by atoms with Gasteiger partial charge in [-0.25, -0.2) is 0 Å². The molecule has 1 N–H and O–H groups in total. The Morgan fingerprint density at radius 3 is 2.83 bits per heavy atom. The third-order valence-corrected chi connectivity index (χ3v) is 4.19. The van der Waals surface area contributed by atoms with Gasteiger partial charge >= 0.3 is 0 Å². The van der Waals surface area contributed by atoms with E-state index in [1.54, 1.807) is 0 Å². The van der Waals surface area contributed by atoms with E-state index in [4.69, 9.17) is 4.74 Å². The van der Waals surface area contributed by atoms with E-state index in [2.05, 4.69) is 50.4 Å². The van der Waals surface area contributed by atoms with E-state index in [1.165, 1.54) is 12.0 Å². The molecule has 2 atom stereocenters. The van der Waals surface area contributed by atoms with Gasteiger partial charge in [-0.15, -0.1) is 0 Å². The Balaban J connectivity index is 2.09. The van der Waals surface area contributed by atoms with Gasteiger partial charge in [0.1, 0.15) is 11.9 Å². The number of hydrogen-bond acceptors (Lipinski definition) is 2. The fourth-order valence-corrected chi connectivity index (χ4v) is 3.06. The van der Waals surface area contributed by atoms with Crippen LogP contribution >= 0.6 is 0 Å². The molecule has 1 aromatic carbocycles. The average molecular weight is 247 g/mol. The highest BCUT2D eigenvalue weighted by molar-refractivity contribution is 5.29. The molecule has 0 aromatic heterocycles. The zero-order valence-corrected chi connectivity index (χ0v) is 12.0. The van der Waals surface area contributed by atoms with Gasteiger partial charge in [-0.2, -0.15) is 0 Å². The van der Waals surface area contributed by atoms with Gasteiger partial charge in [-0.3, -0.25) is 0 Å². The number of likely N-dealkylation sites (N-methyl/N-ethyl adjacent to an activating group) is 1. The Morgan fingerprint density at radius 1 is 1.39 bits per heavy atom. The Bertz CT molecular complexity index is 400. The molecule has 18 heavy (non-hydrogen) atoms. The second-order valence-corrected chi connectivity index (χ2v) is 5.95. The molecule has 1 fully saturated rings. The first kappa shape index (κ1) is 13.4. The van der Waals surface area contributed by atoms with E-state index >= 15 is 0 Å². The normalized spacial score (nSPS) is 26.2. The van der Waals surface area contributed by atoms with Crippen molar-refractivity contribution in [1.82, 2.24) is 5.32 Å². The Morgan fingerprint density at radius 2 is 2.17 bits per heavy atom. The SMILES string of the molecule is CCc1cccc(OC2CCC(C)(C)C2NC)c1. The number of nitrogens with one attached hydrogen (secondary N) is 1. The number of ether oxygens (including phenoxy) is 1. The lowest BCUT2D eigenvalue weighted by Crippen LogP contribution is -2.44. The van der Waals surface area contributed by atoms with Gasteiger partial charge < -0.3 is 10.1 Å². The standard InChI is InChI=1S/C16H25NO/c1-5-12-7-6-8-13(11-12)18-14-9-10-16(2,3)15(14)17-4/h6-8,11,14-15,17H,5,9-10H2,1-4H3. The molecule has 2 heteroatoms. The summed E-state index contributed by atoms with van der Waals surface area (Å²) in [5, 5.41) is 3.43. The van der Waals surface area contributed by atoms with Gasteiger partial charge in [-0.05, 0) is 49.4 Å². The zero-order chi connectivity index (χ0) is 13.2. The fraction of sp³-hybridized carbons (Fsp3) is 0.625. The lowest BCUT2D eigenvalue weighted by Gasteiger charge is -2.30. The highest BCUT2D eigenvalue weighted by Crippen LogP contribution is 2.39.